The zero-order valence-corrected chi connectivity index (χ0v) is 17.9. The van der Waals surface area contributed by atoms with Crippen LogP contribution in [0.2, 0.25) is 0 Å². The first kappa shape index (κ1) is 21.0. The fourth-order valence-corrected chi connectivity index (χ4v) is 3.65. The number of amides is 1. The highest BCUT2D eigenvalue weighted by molar-refractivity contribution is 6.03. The standard InChI is InChI=1S/C25H25N5O2/c1-15-12-17(13-16(2)22(15)31)14-27-24-21(23(26)32)25(30-29-24)28-20-10-8-19(9-11-20)18-6-4-3-5-7-18/h3-13,31H,14H2,1-2H3,(H2,26,32)(H3,27,28,29,30). The number of carbonyl (C=O) groups is 1. The third kappa shape index (κ3) is 4.41. The number of aromatic hydroxyl groups is 1. The fourth-order valence-electron chi connectivity index (χ4n) is 3.65. The van der Waals surface area contributed by atoms with Gasteiger partial charge in [-0.3, -0.25) is 9.89 Å². The van der Waals surface area contributed by atoms with Crippen LogP contribution in [0.25, 0.3) is 11.1 Å². The van der Waals surface area contributed by atoms with E-state index in [0.717, 1.165) is 33.5 Å². The number of hydrogen-bond donors (Lipinski definition) is 5. The van der Waals surface area contributed by atoms with Crippen LogP contribution >= 0.6 is 0 Å². The van der Waals surface area contributed by atoms with Gasteiger partial charge in [0.2, 0.25) is 0 Å². The molecule has 0 atom stereocenters. The Morgan fingerprint density at radius 2 is 1.62 bits per heavy atom. The molecule has 0 unspecified atom stereocenters. The van der Waals surface area contributed by atoms with Crippen molar-refractivity contribution in [2.75, 3.05) is 10.6 Å². The van der Waals surface area contributed by atoms with Gasteiger partial charge >= 0.3 is 0 Å². The molecule has 0 radical (unpaired) electrons. The minimum absolute atomic E-state index is 0.254. The van der Waals surface area contributed by atoms with E-state index < -0.39 is 5.91 Å². The van der Waals surface area contributed by atoms with Crippen LogP contribution in [0.1, 0.15) is 27.0 Å². The second-order valence-electron chi connectivity index (χ2n) is 7.69. The number of benzene rings is 3. The van der Waals surface area contributed by atoms with Crippen LogP contribution in [0, 0.1) is 13.8 Å². The van der Waals surface area contributed by atoms with E-state index in [-0.39, 0.29) is 11.3 Å². The summed E-state index contributed by atoms with van der Waals surface area (Å²) < 4.78 is 0. The molecule has 3 aromatic carbocycles. The van der Waals surface area contributed by atoms with Crippen molar-refractivity contribution in [3.63, 3.8) is 0 Å². The summed E-state index contributed by atoms with van der Waals surface area (Å²) >= 11 is 0. The summed E-state index contributed by atoms with van der Waals surface area (Å²) in [5.74, 6) is 0.480. The molecular weight excluding hydrogens is 402 g/mol. The van der Waals surface area contributed by atoms with Crippen LogP contribution in [0.4, 0.5) is 17.3 Å². The predicted molar refractivity (Wildman–Crippen MR) is 127 cm³/mol. The first-order chi connectivity index (χ1) is 15.4. The van der Waals surface area contributed by atoms with Crippen molar-refractivity contribution in [3.8, 4) is 16.9 Å². The number of nitrogens with one attached hydrogen (secondary N) is 3. The minimum Gasteiger partial charge on any atom is -0.507 e. The molecule has 7 heteroatoms. The monoisotopic (exact) mass is 427 g/mol. The van der Waals surface area contributed by atoms with Gasteiger partial charge in [-0.25, -0.2) is 0 Å². The van der Waals surface area contributed by atoms with E-state index in [1.165, 1.54) is 0 Å². The van der Waals surface area contributed by atoms with Gasteiger partial charge in [-0.2, -0.15) is 5.10 Å². The van der Waals surface area contributed by atoms with Crippen molar-refractivity contribution >= 4 is 23.2 Å². The largest absolute Gasteiger partial charge is 0.507 e. The molecule has 7 nitrogen and oxygen atoms in total. The number of H-pyrrole nitrogens is 1. The Balaban J connectivity index is 1.51. The molecular formula is C25H25N5O2. The van der Waals surface area contributed by atoms with Crippen molar-refractivity contribution in [2.24, 2.45) is 5.73 Å². The Kier molecular flexibility index (Phi) is 5.81. The van der Waals surface area contributed by atoms with Gasteiger partial charge in [0.1, 0.15) is 17.1 Å². The third-order valence-electron chi connectivity index (χ3n) is 5.28. The van der Waals surface area contributed by atoms with E-state index >= 15 is 0 Å². The number of anilines is 3. The molecule has 0 aliphatic heterocycles. The molecule has 32 heavy (non-hydrogen) atoms. The second-order valence-corrected chi connectivity index (χ2v) is 7.69. The molecule has 4 rings (SSSR count). The minimum atomic E-state index is -0.595. The average Bonchev–Trinajstić information content (AvgIpc) is 3.19. The van der Waals surface area contributed by atoms with Crippen molar-refractivity contribution in [3.05, 3.63) is 89.0 Å². The lowest BCUT2D eigenvalue weighted by Gasteiger charge is -2.10. The number of nitrogens with two attached hydrogens (primary N) is 1. The Hall–Kier alpha value is -4.26. The first-order valence-electron chi connectivity index (χ1n) is 10.3. The van der Waals surface area contributed by atoms with Gasteiger partial charge in [0.15, 0.2) is 5.82 Å². The molecule has 1 aromatic heterocycles. The van der Waals surface area contributed by atoms with Crippen LogP contribution < -0.4 is 16.4 Å². The van der Waals surface area contributed by atoms with Crippen molar-refractivity contribution in [2.45, 2.75) is 20.4 Å². The first-order valence-corrected chi connectivity index (χ1v) is 10.3. The normalized spacial score (nSPS) is 10.7. The van der Waals surface area contributed by atoms with E-state index in [9.17, 15) is 9.90 Å². The number of nitrogens with zero attached hydrogens (tertiary/aromatic N) is 1. The fraction of sp³-hybridized carbons (Fsp3) is 0.120. The summed E-state index contributed by atoms with van der Waals surface area (Å²) in [6.45, 7) is 4.12. The number of rotatable bonds is 7. The number of hydrogen-bond acceptors (Lipinski definition) is 5. The van der Waals surface area contributed by atoms with Gasteiger partial charge in [0, 0.05) is 12.2 Å². The Labute approximate surface area is 186 Å². The summed E-state index contributed by atoms with van der Waals surface area (Å²) in [6, 6.07) is 21.7. The van der Waals surface area contributed by atoms with E-state index in [0.29, 0.717) is 18.2 Å². The molecule has 0 bridgehead atoms. The maximum absolute atomic E-state index is 12.1. The molecule has 0 saturated carbocycles. The average molecular weight is 428 g/mol. The number of carbonyl (C=O) groups excluding carboxylic acids is 1. The van der Waals surface area contributed by atoms with Crippen LogP contribution in [0.15, 0.2) is 66.7 Å². The van der Waals surface area contributed by atoms with Crippen LogP contribution in [-0.2, 0) is 6.54 Å². The molecule has 4 aromatic rings. The molecule has 162 valence electrons. The number of phenolic OH excluding ortho intramolecular Hbond substituents is 1. The Bertz CT molecular complexity index is 1220. The smallest absolute Gasteiger partial charge is 0.256 e. The van der Waals surface area contributed by atoms with Crippen molar-refractivity contribution in [1.29, 1.82) is 0 Å². The van der Waals surface area contributed by atoms with Crippen LogP contribution in [0.5, 0.6) is 5.75 Å². The van der Waals surface area contributed by atoms with E-state index in [2.05, 4.69) is 33.0 Å². The van der Waals surface area contributed by atoms with Crippen molar-refractivity contribution in [1.82, 2.24) is 10.2 Å². The zero-order chi connectivity index (χ0) is 22.7. The number of phenols is 1. The summed E-state index contributed by atoms with van der Waals surface area (Å²) in [6.07, 6.45) is 0. The quantitative estimate of drug-likeness (QED) is 0.289. The van der Waals surface area contributed by atoms with Gasteiger partial charge in [-0.05, 0) is 53.8 Å². The van der Waals surface area contributed by atoms with E-state index in [1.54, 1.807) is 0 Å². The van der Waals surface area contributed by atoms with Crippen LogP contribution in [-0.4, -0.2) is 21.2 Å². The van der Waals surface area contributed by atoms with Gasteiger partial charge in [0.05, 0.1) is 0 Å². The Morgan fingerprint density at radius 1 is 1.00 bits per heavy atom. The maximum Gasteiger partial charge on any atom is 0.256 e. The van der Waals surface area contributed by atoms with Gasteiger partial charge < -0.3 is 21.5 Å². The van der Waals surface area contributed by atoms with E-state index in [1.807, 2.05) is 68.4 Å². The number of primary amides is 1. The van der Waals surface area contributed by atoms with E-state index in [4.69, 9.17) is 5.73 Å². The molecule has 0 saturated heterocycles. The van der Waals surface area contributed by atoms with Gasteiger partial charge in [-0.1, -0.05) is 54.6 Å². The summed E-state index contributed by atoms with van der Waals surface area (Å²) in [5, 5.41) is 23.4. The molecule has 0 aliphatic rings. The number of aromatic amines is 1. The molecule has 0 spiro atoms. The zero-order valence-electron chi connectivity index (χ0n) is 17.9. The molecule has 1 heterocycles. The number of aromatic nitrogens is 2. The molecule has 1 amide bonds. The highest BCUT2D eigenvalue weighted by atomic mass is 16.3. The maximum atomic E-state index is 12.1. The summed E-state index contributed by atoms with van der Waals surface area (Å²) in [7, 11) is 0. The molecule has 0 fully saturated rings. The van der Waals surface area contributed by atoms with Crippen molar-refractivity contribution < 1.29 is 9.90 Å². The SMILES string of the molecule is Cc1cc(CNc2n[nH]c(Nc3ccc(-c4ccccc4)cc3)c2C(N)=O)cc(C)c1O. The van der Waals surface area contributed by atoms with Crippen LogP contribution in [0.3, 0.4) is 0 Å². The van der Waals surface area contributed by atoms with Gasteiger partial charge in [0.25, 0.3) is 5.91 Å². The molecule has 6 N–H and O–H groups in total. The second kappa shape index (κ2) is 8.85. The Morgan fingerprint density at radius 3 is 2.25 bits per heavy atom. The van der Waals surface area contributed by atoms with Gasteiger partial charge in [-0.15, -0.1) is 0 Å². The third-order valence-corrected chi connectivity index (χ3v) is 5.28. The lowest BCUT2D eigenvalue weighted by molar-refractivity contribution is 0.100. The summed E-state index contributed by atoms with van der Waals surface area (Å²) in [4.78, 5) is 12.1. The highest BCUT2D eigenvalue weighted by Gasteiger charge is 2.19. The predicted octanol–water partition coefficient (Wildman–Crippen LogP) is 4.85. The lowest BCUT2D eigenvalue weighted by Crippen LogP contribution is -2.15. The number of aryl methyl sites for hydroxylation is 2. The lowest BCUT2D eigenvalue weighted by atomic mass is 10.1. The summed E-state index contributed by atoms with van der Waals surface area (Å²) in [5.41, 5.74) is 11.5. The highest BCUT2D eigenvalue weighted by Crippen LogP contribution is 2.28. The topological polar surface area (TPSA) is 116 Å². The molecule has 0 aliphatic carbocycles.